The topological polar surface area (TPSA) is 104 Å². The van der Waals surface area contributed by atoms with E-state index < -0.39 is 10.9 Å². The van der Waals surface area contributed by atoms with Crippen molar-refractivity contribution in [2.24, 2.45) is 0 Å². The van der Waals surface area contributed by atoms with Crippen molar-refractivity contribution in [2.75, 3.05) is 0 Å². The molecular weight excluding hydrogens is 212 g/mol. The van der Waals surface area contributed by atoms with Gasteiger partial charge in [0.1, 0.15) is 11.6 Å². The van der Waals surface area contributed by atoms with E-state index in [-0.39, 0.29) is 17.7 Å². The molecule has 6 heteroatoms. The molecule has 0 saturated carbocycles. The van der Waals surface area contributed by atoms with Gasteiger partial charge < -0.3 is 5.11 Å². The van der Waals surface area contributed by atoms with Crippen LogP contribution in [-0.4, -0.2) is 16.0 Å². The predicted molar refractivity (Wildman–Crippen MR) is 53.9 cm³/mol. The minimum atomic E-state index is -1.04. The Labute approximate surface area is 90.9 Å². The summed E-state index contributed by atoms with van der Waals surface area (Å²) in [6.45, 7) is 1.48. The second-order valence-corrected chi connectivity index (χ2v) is 3.25. The molecule has 0 aliphatic carbocycles. The average Bonchev–Trinajstić information content (AvgIpc) is 2.14. The van der Waals surface area contributed by atoms with Gasteiger partial charge in [-0.05, 0) is 24.6 Å². The standard InChI is InChI=1S/C10H8N2O4/c1-6-2-7(4-9(13)14)3-8(5-11)10(6)12(15)16/h2-3H,4H2,1H3,(H,13,14). The molecule has 0 unspecified atom stereocenters. The Morgan fingerprint density at radius 2 is 2.25 bits per heavy atom. The number of nitriles is 1. The highest BCUT2D eigenvalue weighted by Crippen LogP contribution is 2.24. The van der Waals surface area contributed by atoms with E-state index in [1.807, 2.05) is 0 Å². The normalized spacial score (nSPS) is 9.50. The molecule has 1 N–H and O–H groups in total. The van der Waals surface area contributed by atoms with E-state index >= 15 is 0 Å². The van der Waals surface area contributed by atoms with Crippen LogP contribution in [0.1, 0.15) is 16.7 Å². The molecule has 0 fully saturated rings. The monoisotopic (exact) mass is 220 g/mol. The van der Waals surface area contributed by atoms with Crippen LogP contribution >= 0.6 is 0 Å². The fourth-order valence-electron chi connectivity index (χ4n) is 1.46. The number of carbonyl (C=O) groups is 1. The number of nitrogens with zero attached hydrogens (tertiary/aromatic N) is 2. The Hall–Kier alpha value is -2.42. The maximum Gasteiger partial charge on any atom is 0.307 e. The molecule has 0 saturated heterocycles. The van der Waals surface area contributed by atoms with E-state index in [2.05, 4.69) is 0 Å². The maximum absolute atomic E-state index is 10.7. The minimum absolute atomic E-state index is 0.110. The van der Waals surface area contributed by atoms with Crippen LogP contribution in [0, 0.1) is 28.4 Å². The molecule has 0 aliphatic heterocycles. The van der Waals surface area contributed by atoms with Gasteiger partial charge >= 0.3 is 5.97 Å². The fourth-order valence-corrected chi connectivity index (χ4v) is 1.46. The lowest BCUT2D eigenvalue weighted by Gasteiger charge is -2.02. The largest absolute Gasteiger partial charge is 0.481 e. The Morgan fingerprint density at radius 3 is 2.69 bits per heavy atom. The second-order valence-electron chi connectivity index (χ2n) is 3.25. The molecule has 0 bridgehead atoms. The fraction of sp³-hybridized carbons (Fsp3) is 0.200. The zero-order chi connectivity index (χ0) is 12.3. The van der Waals surface area contributed by atoms with E-state index in [9.17, 15) is 14.9 Å². The number of benzene rings is 1. The minimum Gasteiger partial charge on any atom is -0.481 e. The first kappa shape index (κ1) is 11.7. The van der Waals surface area contributed by atoms with Gasteiger partial charge in [-0.15, -0.1) is 0 Å². The third-order valence-corrected chi connectivity index (χ3v) is 2.02. The summed E-state index contributed by atoms with van der Waals surface area (Å²) in [4.78, 5) is 20.5. The number of hydrogen-bond donors (Lipinski definition) is 1. The summed E-state index contributed by atoms with van der Waals surface area (Å²) in [5, 5.41) is 28.0. The van der Waals surface area contributed by atoms with Gasteiger partial charge in [0, 0.05) is 5.56 Å². The van der Waals surface area contributed by atoms with Crippen molar-refractivity contribution in [3.8, 4) is 6.07 Å². The summed E-state index contributed by atoms with van der Waals surface area (Å²) in [5.74, 6) is -1.04. The van der Waals surface area contributed by atoms with Crippen LogP contribution in [0.5, 0.6) is 0 Å². The van der Waals surface area contributed by atoms with Gasteiger partial charge in [-0.1, -0.05) is 0 Å². The first-order valence-corrected chi connectivity index (χ1v) is 4.35. The lowest BCUT2D eigenvalue weighted by Crippen LogP contribution is -2.03. The number of nitro groups is 1. The number of aryl methyl sites for hydroxylation is 1. The zero-order valence-electron chi connectivity index (χ0n) is 8.43. The second kappa shape index (κ2) is 4.40. The Kier molecular flexibility index (Phi) is 3.20. The molecule has 0 aromatic heterocycles. The molecular formula is C10H8N2O4. The van der Waals surface area contributed by atoms with Gasteiger partial charge in [-0.2, -0.15) is 5.26 Å². The van der Waals surface area contributed by atoms with Crippen LogP contribution in [0.15, 0.2) is 12.1 Å². The number of nitro benzene ring substituents is 1. The molecule has 1 rings (SSSR count). The van der Waals surface area contributed by atoms with Gasteiger partial charge in [0.15, 0.2) is 0 Å². The van der Waals surface area contributed by atoms with Crippen LogP contribution in [0.2, 0.25) is 0 Å². The van der Waals surface area contributed by atoms with E-state index in [4.69, 9.17) is 10.4 Å². The van der Waals surface area contributed by atoms with Crippen molar-refractivity contribution in [1.29, 1.82) is 5.26 Å². The van der Waals surface area contributed by atoms with Crippen molar-refractivity contribution in [3.63, 3.8) is 0 Å². The van der Waals surface area contributed by atoms with Crippen LogP contribution in [0.4, 0.5) is 5.69 Å². The van der Waals surface area contributed by atoms with Crippen molar-refractivity contribution in [3.05, 3.63) is 38.9 Å². The quantitative estimate of drug-likeness (QED) is 0.612. The molecule has 0 amide bonds. The third-order valence-electron chi connectivity index (χ3n) is 2.02. The summed E-state index contributed by atoms with van der Waals surface area (Å²) in [5.41, 5.74) is 0.297. The highest BCUT2D eigenvalue weighted by Gasteiger charge is 2.18. The van der Waals surface area contributed by atoms with Gasteiger partial charge in [0.25, 0.3) is 5.69 Å². The molecule has 0 aliphatic rings. The molecule has 1 aromatic carbocycles. The SMILES string of the molecule is Cc1cc(CC(=O)O)cc(C#N)c1[N+](=O)[O-]. The Morgan fingerprint density at radius 1 is 1.62 bits per heavy atom. The first-order chi connectivity index (χ1) is 7.45. The van der Waals surface area contributed by atoms with Crippen LogP contribution < -0.4 is 0 Å². The molecule has 6 nitrogen and oxygen atoms in total. The number of carboxylic acid groups (broad SMARTS) is 1. The molecule has 0 radical (unpaired) electrons. The van der Waals surface area contributed by atoms with Crippen molar-refractivity contribution in [2.45, 2.75) is 13.3 Å². The maximum atomic E-state index is 10.7. The molecule has 16 heavy (non-hydrogen) atoms. The highest BCUT2D eigenvalue weighted by molar-refractivity contribution is 5.71. The van der Waals surface area contributed by atoms with Gasteiger partial charge in [0.2, 0.25) is 0 Å². The van der Waals surface area contributed by atoms with Crippen molar-refractivity contribution >= 4 is 11.7 Å². The van der Waals surface area contributed by atoms with E-state index in [0.717, 1.165) is 0 Å². The average molecular weight is 220 g/mol. The summed E-state index contributed by atoms with van der Waals surface area (Å²) in [6.07, 6.45) is -0.256. The highest BCUT2D eigenvalue weighted by atomic mass is 16.6. The van der Waals surface area contributed by atoms with E-state index in [0.29, 0.717) is 11.1 Å². The zero-order valence-corrected chi connectivity index (χ0v) is 8.43. The number of rotatable bonds is 3. The van der Waals surface area contributed by atoms with E-state index in [1.54, 1.807) is 6.07 Å². The predicted octanol–water partition coefficient (Wildman–Crippen LogP) is 1.40. The van der Waals surface area contributed by atoms with Crippen LogP contribution in [-0.2, 0) is 11.2 Å². The molecule has 82 valence electrons. The van der Waals surface area contributed by atoms with Crippen LogP contribution in [0.3, 0.4) is 0 Å². The molecule has 0 atom stereocenters. The van der Waals surface area contributed by atoms with Gasteiger partial charge in [0.05, 0.1) is 11.3 Å². The van der Waals surface area contributed by atoms with Crippen LogP contribution in [0.25, 0.3) is 0 Å². The first-order valence-electron chi connectivity index (χ1n) is 4.35. The van der Waals surface area contributed by atoms with Gasteiger partial charge in [-0.3, -0.25) is 14.9 Å². The summed E-state index contributed by atoms with van der Waals surface area (Å²) >= 11 is 0. The molecule has 0 spiro atoms. The smallest absolute Gasteiger partial charge is 0.307 e. The summed E-state index contributed by atoms with van der Waals surface area (Å²) in [7, 11) is 0. The van der Waals surface area contributed by atoms with E-state index in [1.165, 1.54) is 19.1 Å². The number of aliphatic carboxylic acids is 1. The lowest BCUT2D eigenvalue weighted by atomic mass is 10.0. The Bertz CT molecular complexity index is 502. The summed E-state index contributed by atoms with van der Waals surface area (Å²) in [6, 6.07) is 4.34. The van der Waals surface area contributed by atoms with Gasteiger partial charge in [-0.25, -0.2) is 0 Å². The third kappa shape index (κ3) is 2.33. The Balaban J connectivity index is 3.33. The molecule has 0 heterocycles. The van der Waals surface area contributed by atoms with Crippen molar-refractivity contribution < 1.29 is 14.8 Å². The molecule has 1 aromatic rings. The number of carboxylic acids is 1. The van der Waals surface area contributed by atoms with Crippen molar-refractivity contribution in [1.82, 2.24) is 0 Å². The number of hydrogen-bond acceptors (Lipinski definition) is 4. The lowest BCUT2D eigenvalue weighted by molar-refractivity contribution is -0.385. The summed E-state index contributed by atoms with van der Waals surface area (Å²) < 4.78 is 0.